The number of carbonyl (C=O) groups is 1. The fraction of sp³-hybridized carbons (Fsp3) is 0.500. The predicted molar refractivity (Wildman–Crippen MR) is 112 cm³/mol. The molecule has 4 rings (SSSR count). The Bertz CT molecular complexity index is 821. The molecule has 0 aliphatic carbocycles. The fourth-order valence-electron chi connectivity index (χ4n) is 4.10. The van der Waals surface area contributed by atoms with Crippen molar-refractivity contribution in [1.82, 2.24) is 15.1 Å². The van der Waals surface area contributed by atoms with E-state index in [2.05, 4.69) is 52.0 Å². The van der Waals surface area contributed by atoms with Crippen molar-refractivity contribution in [3.63, 3.8) is 0 Å². The van der Waals surface area contributed by atoms with E-state index < -0.39 is 0 Å². The number of anilines is 2. The molecule has 6 heteroatoms. The van der Waals surface area contributed by atoms with Crippen LogP contribution in [0.2, 0.25) is 0 Å². The summed E-state index contributed by atoms with van der Waals surface area (Å²) < 4.78 is 0. The van der Waals surface area contributed by atoms with E-state index in [4.69, 9.17) is 0 Å². The predicted octanol–water partition coefficient (Wildman–Crippen LogP) is 3.05. The van der Waals surface area contributed by atoms with E-state index in [1.54, 1.807) is 0 Å². The molecule has 1 aromatic heterocycles. The monoisotopic (exact) mass is 379 g/mol. The van der Waals surface area contributed by atoms with E-state index in [0.29, 0.717) is 18.8 Å². The summed E-state index contributed by atoms with van der Waals surface area (Å²) in [6, 6.07) is 10.3. The third-order valence-corrected chi connectivity index (χ3v) is 5.82. The smallest absolute Gasteiger partial charge is 0.274 e. The summed E-state index contributed by atoms with van der Waals surface area (Å²) in [7, 11) is 0. The van der Waals surface area contributed by atoms with Gasteiger partial charge in [-0.05, 0) is 62.4 Å². The highest BCUT2D eigenvalue weighted by molar-refractivity contribution is 5.92. The number of amides is 1. The van der Waals surface area contributed by atoms with Crippen LogP contribution in [0.1, 0.15) is 40.9 Å². The lowest BCUT2D eigenvalue weighted by atomic mass is 10.1. The Labute approximate surface area is 167 Å². The number of rotatable bonds is 3. The van der Waals surface area contributed by atoms with E-state index in [1.165, 1.54) is 36.1 Å². The lowest BCUT2D eigenvalue weighted by Crippen LogP contribution is -2.49. The zero-order valence-electron chi connectivity index (χ0n) is 16.9. The molecular weight excluding hydrogens is 350 g/mol. The number of carbonyl (C=O) groups excluding carboxylic acids is 1. The molecule has 0 atom stereocenters. The van der Waals surface area contributed by atoms with Crippen LogP contribution in [0, 0.1) is 13.8 Å². The van der Waals surface area contributed by atoms with Gasteiger partial charge >= 0.3 is 0 Å². The van der Waals surface area contributed by atoms with Crippen LogP contribution < -0.4 is 9.80 Å². The van der Waals surface area contributed by atoms with Crippen LogP contribution in [0.15, 0.2) is 30.3 Å². The number of hydrogen-bond donors (Lipinski definition) is 0. The highest BCUT2D eigenvalue weighted by Gasteiger charge is 2.24. The van der Waals surface area contributed by atoms with Gasteiger partial charge in [-0.15, -0.1) is 10.2 Å². The zero-order valence-corrected chi connectivity index (χ0v) is 16.9. The average Bonchev–Trinajstić information content (AvgIpc) is 2.76. The average molecular weight is 380 g/mol. The quantitative estimate of drug-likeness (QED) is 0.820. The van der Waals surface area contributed by atoms with Crippen molar-refractivity contribution in [2.75, 3.05) is 49.1 Å². The summed E-state index contributed by atoms with van der Waals surface area (Å²) in [5.74, 6) is 0.870. The fourth-order valence-corrected chi connectivity index (χ4v) is 4.10. The SMILES string of the molecule is Cc1ccc(C)c(N2CCN(C(=O)c3ccc(N4CCCCC4)nn3)CC2)c1. The topological polar surface area (TPSA) is 52.6 Å². The number of nitrogens with zero attached hydrogens (tertiary/aromatic N) is 5. The second-order valence-electron chi connectivity index (χ2n) is 7.89. The summed E-state index contributed by atoms with van der Waals surface area (Å²) in [6.07, 6.45) is 3.69. The van der Waals surface area contributed by atoms with Crippen molar-refractivity contribution in [2.45, 2.75) is 33.1 Å². The second-order valence-corrected chi connectivity index (χ2v) is 7.89. The van der Waals surface area contributed by atoms with Crippen LogP contribution in [-0.2, 0) is 0 Å². The molecule has 1 amide bonds. The molecule has 0 radical (unpaired) electrons. The van der Waals surface area contributed by atoms with Gasteiger partial charge in [0, 0.05) is 45.0 Å². The third kappa shape index (κ3) is 3.96. The zero-order chi connectivity index (χ0) is 19.5. The molecule has 148 valence electrons. The van der Waals surface area contributed by atoms with Crippen molar-refractivity contribution in [1.29, 1.82) is 0 Å². The Morgan fingerprint density at radius 2 is 1.57 bits per heavy atom. The minimum Gasteiger partial charge on any atom is -0.368 e. The first-order valence-electron chi connectivity index (χ1n) is 10.3. The lowest BCUT2D eigenvalue weighted by Gasteiger charge is -2.36. The molecule has 0 spiro atoms. The van der Waals surface area contributed by atoms with Crippen LogP contribution >= 0.6 is 0 Å². The van der Waals surface area contributed by atoms with Gasteiger partial charge in [0.25, 0.3) is 5.91 Å². The van der Waals surface area contributed by atoms with Crippen LogP contribution in [0.25, 0.3) is 0 Å². The van der Waals surface area contributed by atoms with E-state index in [9.17, 15) is 4.79 Å². The maximum atomic E-state index is 12.8. The van der Waals surface area contributed by atoms with E-state index >= 15 is 0 Å². The molecule has 2 aliphatic rings. The largest absolute Gasteiger partial charge is 0.368 e. The van der Waals surface area contributed by atoms with Gasteiger partial charge in [-0.1, -0.05) is 12.1 Å². The number of piperidine rings is 1. The van der Waals surface area contributed by atoms with Gasteiger partial charge in [-0.3, -0.25) is 4.79 Å². The number of aryl methyl sites for hydroxylation is 2. The number of aromatic nitrogens is 2. The molecule has 28 heavy (non-hydrogen) atoms. The van der Waals surface area contributed by atoms with Crippen molar-refractivity contribution < 1.29 is 4.79 Å². The maximum absolute atomic E-state index is 12.8. The van der Waals surface area contributed by atoms with Crippen LogP contribution in [0.3, 0.4) is 0 Å². The Kier molecular flexibility index (Phi) is 5.46. The summed E-state index contributed by atoms with van der Waals surface area (Å²) >= 11 is 0. The highest BCUT2D eigenvalue weighted by Crippen LogP contribution is 2.23. The Balaban J connectivity index is 1.38. The first-order valence-corrected chi connectivity index (χ1v) is 10.3. The first-order chi connectivity index (χ1) is 13.6. The lowest BCUT2D eigenvalue weighted by molar-refractivity contribution is 0.0739. The van der Waals surface area contributed by atoms with Crippen molar-refractivity contribution in [3.05, 3.63) is 47.2 Å². The van der Waals surface area contributed by atoms with Gasteiger partial charge in [0.2, 0.25) is 0 Å². The molecule has 2 fully saturated rings. The standard InChI is InChI=1S/C22H29N5O/c1-17-6-7-18(2)20(16-17)25-12-14-27(15-13-25)22(28)19-8-9-21(24-23-19)26-10-4-3-5-11-26/h6-9,16H,3-5,10-15H2,1-2H3. The van der Waals surface area contributed by atoms with Crippen molar-refractivity contribution >= 4 is 17.4 Å². The molecule has 0 N–H and O–H groups in total. The van der Waals surface area contributed by atoms with E-state index in [1.807, 2.05) is 17.0 Å². The van der Waals surface area contributed by atoms with Gasteiger partial charge in [-0.2, -0.15) is 0 Å². The van der Waals surface area contributed by atoms with Gasteiger partial charge in [0.1, 0.15) is 0 Å². The van der Waals surface area contributed by atoms with E-state index in [0.717, 1.165) is 32.0 Å². The summed E-state index contributed by atoms with van der Waals surface area (Å²) in [6.45, 7) is 9.43. The molecule has 1 aromatic carbocycles. The van der Waals surface area contributed by atoms with Crippen LogP contribution in [0.4, 0.5) is 11.5 Å². The molecule has 0 unspecified atom stereocenters. The van der Waals surface area contributed by atoms with Gasteiger partial charge in [0.15, 0.2) is 11.5 Å². The molecule has 0 saturated carbocycles. The van der Waals surface area contributed by atoms with Gasteiger partial charge in [0.05, 0.1) is 0 Å². The Hall–Kier alpha value is -2.63. The summed E-state index contributed by atoms with van der Waals surface area (Å²) in [5.41, 5.74) is 4.27. The van der Waals surface area contributed by atoms with Crippen molar-refractivity contribution in [2.24, 2.45) is 0 Å². The number of piperazine rings is 1. The maximum Gasteiger partial charge on any atom is 0.274 e. The van der Waals surface area contributed by atoms with Gasteiger partial charge < -0.3 is 14.7 Å². The van der Waals surface area contributed by atoms with Crippen LogP contribution in [0.5, 0.6) is 0 Å². The molecule has 2 aromatic rings. The number of hydrogen-bond acceptors (Lipinski definition) is 5. The molecule has 6 nitrogen and oxygen atoms in total. The van der Waals surface area contributed by atoms with Crippen molar-refractivity contribution in [3.8, 4) is 0 Å². The summed E-state index contributed by atoms with van der Waals surface area (Å²) in [4.78, 5) is 19.4. The summed E-state index contributed by atoms with van der Waals surface area (Å²) in [5, 5.41) is 8.56. The van der Waals surface area contributed by atoms with E-state index in [-0.39, 0.29) is 5.91 Å². The van der Waals surface area contributed by atoms with Gasteiger partial charge in [-0.25, -0.2) is 0 Å². The molecule has 0 bridgehead atoms. The second kappa shape index (κ2) is 8.17. The molecular formula is C22H29N5O. The van der Waals surface area contributed by atoms with Crippen LogP contribution in [-0.4, -0.2) is 60.3 Å². The number of benzene rings is 1. The Morgan fingerprint density at radius 3 is 2.25 bits per heavy atom. The third-order valence-electron chi connectivity index (χ3n) is 5.82. The minimum atomic E-state index is -0.0155. The first kappa shape index (κ1) is 18.7. The molecule has 3 heterocycles. The Morgan fingerprint density at radius 1 is 0.821 bits per heavy atom. The normalized spacial score (nSPS) is 17.7. The molecule has 2 aliphatic heterocycles. The molecule has 2 saturated heterocycles. The minimum absolute atomic E-state index is 0.0155. The highest BCUT2D eigenvalue weighted by atomic mass is 16.2.